The van der Waals surface area contributed by atoms with Gasteiger partial charge in [-0.1, -0.05) is 17.7 Å². The van der Waals surface area contributed by atoms with Crippen molar-refractivity contribution in [3.05, 3.63) is 52.7 Å². The van der Waals surface area contributed by atoms with Crippen LogP contribution in [0.3, 0.4) is 0 Å². The summed E-state index contributed by atoms with van der Waals surface area (Å²) < 4.78 is 0. The summed E-state index contributed by atoms with van der Waals surface area (Å²) in [6.45, 7) is 8.93. The second-order valence-corrected chi connectivity index (χ2v) is 12.0. The number of nitriles is 1. The number of thioether (sulfide) groups is 1. The average molecular weight is 496 g/mol. The van der Waals surface area contributed by atoms with Crippen LogP contribution in [0, 0.1) is 16.7 Å². The third kappa shape index (κ3) is 5.39. The molecule has 3 aliphatic heterocycles. The zero-order chi connectivity index (χ0) is 23.5. The van der Waals surface area contributed by atoms with Crippen LogP contribution in [0.4, 0.5) is 5.69 Å². The van der Waals surface area contributed by atoms with Gasteiger partial charge in [0.15, 0.2) is 0 Å². The Balaban J connectivity index is 1.14. The maximum absolute atomic E-state index is 9.18. The van der Waals surface area contributed by atoms with Gasteiger partial charge in [-0.15, -0.1) is 11.8 Å². The van der Waals surface area contributed by atoms with Crippen molar-refractivity contribution >= 4 is 29.1 Å². The zero-order valence-electron chi connectivity index (χ0n) is 20.0. The van der Waals surface area contributed by atoms with Gasteiger partial charge in [-0.25, -0.2) is 4.98 Å². The topological polar surface area (TPSA) is 55.2 Å². The first kappa shape index (κ1) is 23.9. The Bertz CT molecular complexity index is 1020. The van der Waals surface area contributed by atoms with E-state index in [0.29, 0.717) is 27.3 Å². The number of aromatic nitrogens is 1. The van der Waals surface area contributed by atoms with Crippen LogP contribution in [0.25, 0.3) is 0 Å². The quantitative estimate of drug-likeness (QED) is 0.604. The van der Waals surface area contributed by atoms with Crippen LogP contribution in [0.5, 0.6) is 0 Å². The number of halogens is 1. The zero-order valence-corrected chi connectivity index (χ0v) is 21.5. The third-order valence-electron chi connectivity index (χ3n) is 7.87. The molecule has 0 amide bonds. The van der Waals surface area contributed by atoms with Crippen molar-refractivity contribution in [3.8, 4) is 6.07 Å². The third-order valence-corrected chi connectivity index (χ3v) is 9.47. The number of rotatable bonds is 5. The van der Waals surface area contributed by atoms with E-state index in [1.165, 1.54) is 37.7 Å². The summed E-state index contributed by atoms with van der Waals surface area (Å²) in [7, 11) is 0. The van der Waals surface area contributed by atoms with Gasteiger partial charge in [-0.2, -0.15) is 5.26 Å². The largest absolute Gasteiger partial charge is 0.368 e. The fraction of sp³-hybridized carbons (Fsp3) is 0.556. The molecule has 3 fully saturated rings. The van der Waals surface area contributed by atoms with Crippen LogP contribution in [-0.4, -0.2) is 53.9 Å². The number of likely N-dealkylation sites (tertiary alicyclic amines) is 1. The summed E-state index contributed by atoms with van der Waals surface area (Å²) in [6, 6.07) is 13.0. The lowest BCUT2D eigenvalue weighted by atomic mass is 9.76. The van der Waals surface area contributed by atoms with Gasteiger partial charge in [-0.3, -0.25) is 4.90 Å². The van der Waals surface area contributed by atoms with Crippen molar-refractivity contribution in [1.29, 1.82) is 5.26 Å². The minimum absolute atomic E-state index is 0.379. The maximum atomic E-state index is 9.18. The standard InChI is InChI=1S/C27H34ClN5S/c1-20-15-27(19-33(20)23-4-3-22(16-29)25(28)14-23)8-12-32(13-9-27)18-21-2-5-26(31-17-21)34-24-6-10-30-11-7-24/h2-5,14,17,20,24,30H,6-13,15,18-19H2,1H3/t20-/m0/s1. The van der Waals surface area contributed by atoms with Crippen LogP contribution in [0.2, 0.25) is 5.02 Å². The summed E-state index contributed by atoms with van der Waals surface area (Å²) in [5.41, 5.74) is 3.39. The minimum atomic E-state index is 0.379. The van der Waals surface area contributed by atoms with E-state index < -0.39 is 0 Å². The van der Waals surface area contributed by atoms with Gasteiger partial charge in [0.05, 0.1) is 15.6 Å². The molecule has 1 spiro atoms. The van der Waals surface area contributed by atoms with Crippen LogP contribution in [-0.2, 0) is 6.54 Å². The molecule has 0 aliphatic carbocycles. The molecule has 1 atom stereocenters. The summed E-state index contributed by atoms with van der Waals surface area (Å²) in [5.74, 6) is 0. The van der Waals surface area contributed by atoms with E-state index in [0.717, 1.165) is 50.0 Å². The van der Waals surface area contributed by atoms with Gasteiger partial charge in [-0.05, 0) is 100 Å². The first-order valence-corrected chi connectivity index (χ1v) is 13.8. The molecular weight excluding hydrogens is 462 g/mol. The lowest BCUT2D eigenvalue weighted by Crippen LogP contribution is -2.41. The van der Waals surface area contributed by atoms with Gasteiger partial charge >= 0.3 is 0 Å². The van der Waals surface area contributed by atoms with Crippen molar-refractivity contribution in [2.24, 2.45) is 5.41 Å². The van der Waals surface area contributed by atoms with E-state index in [2.05, 4.69) is 52.5 Å². The molecule has 3 aliphatic rings. The summed E-state index contributed by atoms with van der Waals surface area (Å²) in [4.78, 5) is 9.84. The lowest BCUT2D eigenvalue weighted by Gasteiger charge is -2.39. The number of hydrogen-bond acceptors (Lipinski definition) is 6. The molecule has 1 N–H and O–H groups in total. The number of nitrogens with zero attached hydrogens (tertiary/aromatic N) is 4. The highest BCUT2D eigenvalue weighted by molar-refractivity contribution is 7.99. The summed E-state index contributed by atoms with van der Waals surface area (Å²) >= 11 is 8.26. The minimum Gasteiger partial charge on any atom is -0.368 e. The van der Waals surface area contributed by atoms with E-state index in [1.807, 2.05) is 23.9 Å². The molecule has 0 saturated carbocycles. The molecule has 2 aromatic rings. The van der Waals surface area contributed by atoms with E-state index in [4.69, 9.17) is 16.6 Å². The predicted molar refractivity (Wildman–Crippen MR) is 141 cm³/mol. The molecule has 180 valence electrons. The van der Waals surface area contributed by atoms with Gasteiger partial charge < -0.3 is 10.2 Å². The Morgan fingerprint density at radius 2 is 2.00 bits per heavy atom. The fourth-order valence-corrected chi connectivity index (χ4v) is 7.19. The molecule has 0 unspecified atom stereocenters. The molecule has 0 radical (unpaired) electrons. The highest BCUT2D eigenvalue weighted by Crippen LogP contribution is 2.45. The molecule has 5 nitrogen and oxygen atoms in total. The van der Waals surface area contributed by atoms with Crippen molar-refractivity contribution in [2.45, 2.75) is 61.9 Å². The number of piperidine rings is 2. The van der Waals surface area contributed by atoms with Gasteiger partial charge in [0.1, 0.15) is 6.07 Å². The molecule has 1 aromatic carbocycles. The Labute approximate surface area is 212 Å². The lowest BCUT2D eigenvalue weighted by molar-refractivity contribution is 0.113. The van der Waals surface area contributed by atoms with Crippen molar-refractivity contribution in [2.75, 3.05) is 37.6 Å². The Hall–Kier alpha value is -1.78. The Morgan fingerprint density at radius 1 is 1.21 bits per heavy atom. The molecule has 3 saturated heterocycles. The smallest absolute Gasteiger partial charge is 0.101 e. The SMILES string of the molecule is C[C@H]1CC2(CCN(Cc3ccc(SC4CCNCC4)nc3)CC2)CN1c1ccc(C#N)c(Cl)c1. The highest BCUT2D eigenvalue weighted by Gasteiger charge is 2.44. The van der Waals surface area contributed by atoms with Crippen LogP contribution < -0.4 is 10.2 Å². The van der Waals surface area contributed by atoms with Crippen molar-refractivity contribution in [3.63, 3.8) is 0 Å². The monoisotopic (exact) mass is 495 g/mol. The van der Waals surface area contributed by atoms with Crippen molar-refractivity contribution < 1.29 is 0 Å². The number of anilines is 1. The van der Waals surface area contributed by atoms with E-state index in [9.17, 15) is 5.26 Å². The predicted octanol–water partition coefficient (Wildman–Crippen LogP) is 5.33. The highest BCUT2D eigenvalue weighted by atomic mass is 35.5. The van der Waals surface area contributed by atoms with E-state index >= 15 is 0 Å². The number of hydrogen-bond donors (Lipinski definition) is 1. The molecule has 34 heavy (non-hydrogen) atoms. The second kappa shape index (κ2) is 10.5. The van der Waals surface area contributed by atoms with Gasteiger partial charge in [0.25, 0.3) is 0 Å². The van der Waals surface area contributed by atoms with Gasteiger partial charge in [0, 0.05) is 36.3 Å². The summed E-state index contributed by atoms with van der Waals surface area (Å²) in [6.07, 6.45) is 8.24. The average Bonchev–Trinajstić information content (AvgIpc) is 3.18. The second-order valence-electron chi connectivity index (χ2n) is 10.3. The molecule has 1 aromatic heterocycles. The maximum Gasteiger partial charge on any atom is 0.101 e. The first-order valence-electron chi connectivity index (χ1n) is 12.5. The van der Waals surface area contributed by atoms with Crippen LogP contribution in [0.1, 0.15) is 50.2 Å². The van der Waals surface area contributed by atoms with Crippen LogP contribution in [0.15, 0.2) is 41.6 Å². The van der Waals surface area contributed by atoms with E-state index in [1.54, 1.807) is 0 Å². The fourth-order valence-electron chi connectivity index (χ4n) is 5.90. The summed E-state index contributed by atoms with van der Waals surface area (Å²) in [5, 5.41) is 15.0. The molecule has 4 heterocycles. The molecule has 5 rings (SSSR count). The first-order chi connectivity index (χ1) is 16.5. The number of nitrogens with one attached hydrogen (secondary N) is 1. The van der Waals surface area contributed by atoms with Gasteiger partial charge in [0.2, 0.25) is 0 Å². The molecule has 0 bridgehead atoms. The van der Waals surface area contributed by atoms with Crippen molar-refractivity contribution in [1.82, 2.24) is 15.2 Å². The van der Waals surface area contributed by atoms with E-state index in [-0.39, 0.29) is 0 Å². The Kier molecular flexibility index (Phi) is 7.36. The molecular formula is C27H34ClN5S. The number of pyridine rings is 1. The number of benzene rings is 1. The normalized spacial score (nSPS) is 23.3. The Morgan fingerprint density at radius 3 is 2.68 bits per heavy atom. The van der Waals surface area contributed by atoms with Crippen LogP contribution >= 0.6 is 23.4 Å². The molecule has 7 heteroatoms.